The molecule has 0 aromatic carbocycles. The van der Waals surface area contributed by atoms with E-state index in [0.29, 0.717) is 12.5 Å². The fraction of sp³-hybridized carbons (Fsp3) is 0.500. The highest BCUT2D eigenvalue weighted by Gasteiger charge is 2.15. The van der Waals surface area contributed by atoms with Crippen LogP contribution >= 0.6 is 0 Å². The second-order valence-corrected chi connectivity index (χ2v) is 4.20. The second-order valence-electron chi connectivity index (χ2n) is 4.20. The Balaban J connectivity index is 2.02. The van der Waals surface area contributed by atoms with Gasteiger partial charge in [0.15, 0.2) is 0 Å². The minimum atomic E-state index is 0.668. The largest absolute Gasteiger partial charge is 0.354 e. The molecule has 2 rings (SSSR count). The molecule has 1 N–H and O–H groups in total. The van der Waals surface area contributed by atoms with Gasteiger partial charge in [-0.1, -0.05) is 6.08 Å². The second kappa shape index (κ2) is 5.63. The van der Waals surface area contributed by atoms with Crippen molar-refractivity contribution in [3.05, 3.63) is 24.9 Å². The van der Waals surface area contributed by atoms with E-state index in [1.54, 1.807) is 12.3 Å². The van der Waals surface area contributed by atoms with Crippen LogP contribution in [-0.4, -0.2) is 54.6 Å². The average molecular weight is 233 g/mol. The third-order valence-corrected chi connectivity index (χ3v) is 2.87. The summed E-state index contributed by atoms with van der Waals surface area (Å²) in [6, 6.07) is 1.96. The number of nitrogens with zero attached hydrogens (tertiary/aromatic N) is 4. The first kappa shape index (κ1) is 11.9. The number of likely N-dealkylation sites (N-methyl/N-ethyl adjacent to an activating group) is 1. The van der Waals surface area contributed by atoms with E-state index in [1.165, 1.54) is 0 Å². The van der Waals surface area contributed by atoms with E-state index in [0.717, 1.165) is 32.0 Å². The van der Waals surface area contributed by atoms with Crippen LogP contribution in [-0.2, 0) is 0 Å². The molecule has 1 aliphatic heterocycles. The Bertz CT molecular complexity index is 371. The lowest BCUT2D eigenvalue weighted by atomic mass is 10.3. The van der Waals surface area contributed by atoms with Gasteiger partial charge in [0, 0.05) is 38.9 Å². The fourth-order valence-electron chi connectivity index (χ4n) is 1.81. The molecule has 0 bridgehead atoms. The Morgan fingerprint density at radius 1 is 1.41 bits per heavy atom. The molecule has 92 valence electrons. The predicted molar refractivity (Wildman–Crippen MR) is 70.4 cm³/mol. The normalized spacial score (nSPS) is 16.9. The van der Waals surface area contributed by atoms with E-state index >= 15 is 0 Å². The number of nitrogens with one attached hydrogen (secondary N) is 1. The molecule has 0 saturated carbocycles. The molecule has 1 aliphatic rings. The first-order chi connectivity index (χ1) is 8.29. The van der Waals surface area contributed by atoms with E-state index in [9.17, 15) is 0 Å². The molecule has 0 aliphatic carbocycles. The molecule has 1 fully saturated rings. The lowest BCUT2D eigenvalue weighted by molar-refractivity contribution is 0.312. The summed E-state index contributed by atoms with van der Waals surface area (Å²) in [6.45, 7) is 8.56. The summed E-state index contributed by atoms with van der Waals surface area (Å²) in [6.07, 6.45) is 3.60. The summed E-state index contributed by atoms with van der Waals surface area (Å²) >= 11 is 0. The molecule has 0 unspecified atom stereocenters. The zero-order valence-corrected chi connectivity index (χ0v) is 10.3. The van der Waals surface area contributed by atoms with E-state index in [-0.39, 0.29) is 0 Å². The highest BCUT2D eigenvalue weighted by molar-refractivity contribution is 5.43. The minimum Gasteiger partial charge on any atom is -0.354 e. The molecule has 1 aromatic heterocycles. The van der Waals surface area contributed by atoms with Gasteiger partial charge in [-0.25, -0.2) is 4.98 Å². The van der Waals surface area contributed by atoms with Crippen LogP contribution in [0.25, 0.3) is 0 Å². The van der Waals surface area contributed by atoms with Crippen LogP contribution in [0.4, 0.5) is 11.8 Å². The quantitative estimate of drug-likeness (QED) is 0.780. The average Bonchev–Trinajstić information content (AvgIpc) is 2.37. The van der Waals surface area contributed by atoms with Gasteiger partial charge in [-0.05, 0) is 13.1 Å². The number of anilines is 2. The van der Waals surface area contributed by atoms with E-state index in [2.05, 4.69) is 38.7 Å². The van der Waals surface area contributed by atoms with E-state index < -0.39 is 0 Å². The standard InChI is InChI=1S/C12H19N5/c1-3-5-13-12-14-6-4-11(15-12)17-9-7-16(2)8-10-17/h3-4,6H,1,5,7-10H2,2H3,(H,13,14,15). The summed E-state index contributed by atoms with van der Waals surface area (Å²) in [5.41, 5.74) is 0. The maximum absolute atomic E-state index is 4.50. The van der Waals surface area contributed by atoms with Crippen LogP contribution in [0.15, 0.2) is 24.9 Å². The molecule has 0 radical (unpaired) electrons. The smallest absolute Gasteiger partial charge is 0.224 e. The van der Waals surface area contributed by atoms with Crippen molar-refractivity contribution in [3.63, 3.8) is 0 Å². The topological polar surface area (TPSA) is 44.3 Å². The molecule has 1 aromatic rings. The first-order valence-corrected chi connectivity index (χ1v) is 5.91. The lowest BCUT2D eigenvalue weighted by Gasteiger charge is -2.33. The Morgan fingerprint density at radius 3 is 2.88 bits per heavy atom. The molecule has 0 atom stereocenters. The van der Waals surface area contributed by atoms with Crippen molar-refractivity contribution in [3.8, 4) is 0 Å². The van der Waals surface area contributed by atoms with Crippen molar-refractivity contribution < 1.29 is 0 Å². The molecule has 17 heavy (non-hydrogen) atoms. The lowest BCUT2D eigenvalue weighted by Crippen LogP contribution is -2.44. The molecular formula is C12H19N5. The van der Waals surface area contributed by atoms with Gasteiger partial charge in [0.1, 0.15) is 5.82 Å². The number of hydrogen-bond donors (Lipinski definition) is 1. The highest BCUT2D eigenvalue weighted by Crippen LogP contribution is 2.13. The van der Waals surface area contributed by atoms with Gasteiger partial charge in [0.25, 0.3) is 0 Å². The third-order valence-electron chi connectivity index (χ3n) is 2.87. The summed E-state index contributed by atoms with van der Waals surface area (Å²) in [7, 11) is 2.15. The van der Waals surface area contributed by atoms with E-state index in [1.807, 2.05) is 6.07 Å². The Morgan fingerprint density at radius 2 is 2.18 bits per heavy atom. The Hall–Kier alpha value is -1.62. The van der Waals surface area contributed by atoms with Crippen molar-refractivity contribution in [2.45, 2.75) is 0 Å². The Kier molecular flexibility index (Phi) is 3.93. The zero-order valence-electron chi connectivity index (χ0n) is 10.3. The predicted octanol–water partition coefficient (Wildman–Crippen LogP) is 0.826. The maximum Gasteiger partial charge on any atom is 0.224 e. The third kappa shape index (κ3) is 3.17. The number of aromatic nitrogens is 2. The van der Waals surface area contributed by atoms with Crippen molar-refractivity contribution in [1.29, 1.82) is 0 Å². The van der Waals surface area contributed by atoms with Crippen molar-refractivity contribution in [2.24, 2.45) is 0 Å². The molecule has 1 saturated heterocycles. The number of rotatable bonds is 4. The summed E-state index contributed by atoms with van der Waals surface area (Å²) in [4.78, 5) is 13.3. The van der Waals surface area contributed by atoms with Crippen LogP contribution in [0.1, 0.15) is 0 Å². The molecule has 2 heterocycles. The summed E-state index contributed by atoms with van der Waals surface area (Å²) in [5.74, 6) is 1.67. The summed E-state index contributed by atoms with van der Waals surface area (Å²) < 4.78 is 0. The molecule has 5 nitrogen and oxygen atoms in total. The van der Waals surface area contributed by atoms with Crippen molar-refractivity contribution >= 4 is 11.8 Å². The molecular weight excluding hydrogens is 214 g/mol. The van der Waals surface area contributed by atoms with Gasteiger partial charge in [0.2, 0.25) is 5.95 Å². The monoisotopic (exact) mass is 233 g/mol. The van der Waals surface area contributed by atoms with Gasteiger partial charge in [0.05, 0.1) is 0 Å². The van der Waals surface area contributed by atoms with Gasteiger partial charge in [-0.15, -0.1) is 6.58 Å². The van der Waals surface area contributed by atoms with Crippen LogP contribution in [0.2, 0.25) is 0 Å². The van der Waals surface area contributed by atoms with Gasteiger partial charge < -0.3 is 15.1 Å². The van der Waals surface area contributed by atoms with Gasteiger partial charge >= 0.3 is 0 Å². The SMILES string of the molecule is C=CCNc1nccc(N2CCN(C)CC2)n1. The fourth-order valence-corrected chi connectivity index (χ4v) is 1.81. The molecule has 0 amide bonds. The van der Waals surface area contributed by atoms with E-state index in [4.69, 9.17) is 0 Å². The minimum absolute atomic E-state index is 0.668. The maximum atomic E-state index is 4.50. The number of piperazine rings is 1. The summed E-state index contributed by atoms with van der Waals surface area (Å²) in [5, 5.41) is 3.11. The van der Waals surface area contributed by atoms with Crippen molar-refractivity contribution in [2.75, 3.05) is 50.0 Å². The molecule has 5 heteroatoms. The van der Waals surface area contributed by atoms with Gasteiger partial charge in [-0.3, -0.25) is 0 Å². The van der Waals surface area contributed by atoms with Crippen LogP contribution in [0.3, 0.4) is 0 Å². The van der Waals surface area contributed by atoms with Crippen LogP contribution in [0, 0.1) is 0 Å². The number of hydrogen-bond acceptors (Lipinski definition) is 5. The van der Waals surface area contributed by atoms with Crippen molar-refractivity contribution in [1.82, 2.24) is 14.9 Å². The van der Waals surface area contributed by atoms with Crippen LogP contribution in [0.5, 0.6) is 0 Å². The zero-order chi connectivity index (χ0) is 12.1. The molecule has 0 spiro atoms. The van der Waals surface area contributed by atoms with Crippen LogP contribution < -0.4 is 10.2 Å². The first-order valence-electron chi connectivity index (χ1n) is 5.91. The Labute approximate surface area is 102 Å². The van der Waals surface area contributed by atoms with Gasteiger partial charge in [-0.2, -0.15) is 4.98 Å². The highest BCUT2D eigenvalue weighted by atomic mass is 15.3.